The lowest BCUT2D eigenvalue weighted by Gasteiger charge is -2.06. The van der Waals surface area contributed by atoms with Crippen LogP contribution in [0.5, 0.6) is 0 Å². The number of halogens is 3. The molecule has 4 nitrogen and oxygen atoms in total. The SMILES string of the molecule is O=C(Nc1nc(-c2cccs2)c(C(=O)C(F)(F)F)s1)c1cccc2ccccc12. The number of thiazole rings is 1. The van der Waals surface area contributed by atoms with Gasteiger partial charge in [0.1, 0.15) is 10.6 Å². The Kier molecular flexibility index (Phi) is 4.93. The molecule has 0 bridgehead atoms. The van der Waals surface area contributed by atoms with Crippen molar-refractivity contribution in [1.29, 1.82) is 0 Å². The molecule has 1 amide bonds. The standard InChI is InChI=1S/C20H11F3N2O2S2/c21-20(22,23)17(26)16-15(14-9-4-10-28-14)24-19(29-16)25-18(27)13-8-3-6-11-5-1-2-7-12(11)13/h1-10H,(H,24,25,27). The number of aromatic nitrogens is 1. The monoisotopic (exact) mass is 432 g/mol. The second-order valence-electron chi connectivity index (χ2n) is 5.98. The van der Waals surface area contributed by atoms with Crippen LogP contribution < -0.4 is 5.32 Å². The first kappa shape index (κ1) is 19.3. The van der Waals surface area contributed by atoms with Gasteiger partial charge in [-0.1, -0.05) is 53.8 Å². The van der Waals surface area contributed by atoms with Gasteiger partial charge in [-0.2, -0.15) is 13.2 Å². The average Bonchev–Trinajstić information content (AvgIpc) is 3.35. The van der Waals surface area contributed by atoms with Crippen molar-refractivity contribution >= 4 is 50.3 Å². The van der Waals surface area contributed by atoms with Crippen LogP contribution in [0.2, 0.25) is 0 Å². The van der Waals surface area contributed by atoms with Crippen LogP contribution in [0.25, 0.3) is 21.3 Å². The third-order valence-electron chi connectivity index (χ3n) is 4.10. The maximum Gasteiger partial charge on any atom is 0.455 e. The molecule has 0 aliphatic rings. The number of fused-ring (bicyclic) bond motifs is 1. The van der Waals surface area contributed by atoms with E-state index in [1.807, 2.05) is 18.2 Å². The molecule has 1 N–H and O–H groups in total. The number of anilines is 1. The molecule has 29 heavy (non-hydrogen) atoms. The second kappa shape index (κ2) is 7.41. The zero-order chi connectivity index (χ0) is 20.6. The lowest BCUT2D eigenvalue weighted by atomic mass is 10.0. The van der Waals surface area contributed by atoms with Crippen LogP contribution in [0, 0.1) is 0 Å². The van der Waals surface area contributed by atoms with E-state index < -0.39 is 22.7 Å². The highest BCUT2D eigenvalue weighted by Gasteiger charge is 2.42. The van der Waals surface area contributed by atoms with Gasteiger partial charge in [0.25, 0.3) is 11.7 Å². The summed E-state index contributed by atoms with van der Waals surface area (Å²) in [7, 11) is 0. The number of carbonyl (C=O) groups excluding carboxylic acids is 2. The summed E-state index contributed by atoms with van der Waals surface area (Å²) in [6.45, 7) is 0. The fraction of sp³-hybridized carbons (Fsp3) is 0.0500. The van der Waals surface area contributed by atoms with Crippen molar-refractivity contribution < 1.29 is 22.8 Å². The van der Waals surface area contributed by atoms with Crippen molar-refractivity contribution in [2.45, 2.75) is 6.18 Å². The minimum absolute atomic E-state index is 0.0704. The molecule has 0 saturated heterocycles. The first-order chi connectivity index (χ1) is 13.8. The third-order valence-corrected chi connectivity index (χ3v) is 5.95. The smallest absolute Gasteiger partial charge is 0.298 e. The van der Waals surface area contributed by atoms with Crippen molar-refractivity contribution in [2.24, 2.45) is 0 Å². The van der Waals surface area contributed by atoms with Crippen molar-refractivity contribution in [3.05, 3.63) is 70.4 Å². The molecule has 0 saturated carbocycles. The van der Waals surface area contributed by atoms with Gasteiger partial charge in [0.05, 0.1) is 4.88 Å². The lowest BCUT2D eigenvalue weighted by Crippen LogP contribution is -2.22. The topological polar surface area (TPSA) is 59.1 Å². The Morgan fingerprint density at radius 3 is 2.45 bits per heavy atom. The second-order valence-corrected chi connectivity index (χ2v) is 7.93. The number of amides is 1. The number of hydrogen-bond donors (Lipinski definition) is 1. The van der Waals surface area contributed by atoms with Gasteiger partial charge in [-0.25, -0.2) is 4.98 Å². The molecule has 0 aliphatic heterocycles. The number of rotatable bonds is 4. The van der Waals surface area contributed by atoms with E-state index in [0.717, 1.165) is 16.7 Å². The molecule has 0 radical (unpaired) electrons. The third kappa shape index (κ3) is 3.79. The van der Waals surface area contributed by atoms with E-state index in [9.17, 15) is 22.8 Å². The van der Waals surface area contributed by atoms with Crippen LogP contribution in [0.4, 0.5) is 18.3 Å². The normalized spacial score (nSPS) is 11.6. The molecule has 0 unspecified atom stereocenters. The number of Topliss-reactive ketones (excluding diaryl/α,β-unsaturated/α-hetero) is 1. The van der Waals surface area contributed by atoms with Crippen molar-refractivity contribution in [2.75, 3.05) is 5.32 Å². The van der Waals surface area contributed by atoms with Gasteiger partial charge in [0, 0.05) is 5.56 Å². The van der Waals surface area contributed by atoms with Gasteiger partial charge in [0.15, 0.2) is 5.13 Å². The number of thiophene rings is 1. The number of alkyl halides is 3. The molecule has 0 atom stereocenters. The summed E-state index contributed by atoms with van der Waals surface area (Å²) >= 11 is 1.68. The minimum atomic E-state index is -5.03. The van der Waals surface area contributed by atoms with E-state index in [1.165, 1.54) is 0 Å². The van der Waals surface area contributed by atoms with E-state index in [-0.39, 0.29) is 10.8 Å². The number of carbonyl (C=O) groups is 2. The minimum Gasteiger partial charge on any atom is -0.298 e. The molecule has 2 heterocycles. The predicted octanol–water partition coefficient (Wildman–Crippen LogP) is 6.02. The highest BCUT2D eigenvalue weighted by atomic mass is 32.1. The molecular formula is C20H11F3N2O2S2. The molecular weight excluding hydrogens is 421 g/mol. The summed E-state index contributed by atoms with van der Waals surface area (Å²) in [5, 5.41) is 5.69. The summed E-state index contributed by atoms with van der Waals surface area (Å²) in [5.41, 5.74) is 0.278. The van der Waals surface area contributed by atoms with E-state index in [0.29, 0.717) is 27.2 Å². The molecule has 146 valence electrons. The first-order valence-corrected chi connectivity index (χ1v) is 9.99. The summed E-state index contributed by atoms with van der Waals surface area (Å²) in [4.78, 5) is 28.6. The zero-order valence-corrected chi connectivity index (χ0v) is 16.1. The number of nitrogens with one attached hydrogen (secondary N) is 1. The Bertz CT molecular complexity index is 1210. The number of ketones is 1. The summed E-state index contributed by atoms with van der Waals surface area (Å²) < 4.78 is 39.0. The van der Waals surface area contributed by atoms with E-state index in [1.54, 1.807) is 41.8 Å². The maximum atomic E-state index is 13.0. The Balaban J connectivity index is 1.72. The lowest BCUT2D eigenvalue weighted by molar-refractivity contribution is -0.0882. The summed E-state index contributed by atoms with van der Waals surface area (Å²) in [6.07, 6.45) is -5.03. The van der Waals surface area contributed by atoms with Gasteiger partial charge < -0.3 is 0 Å². The number of nitrogens with zero attached hydrogens (tertiary/aromatic N) is 1. The predicted molar refractivity (Wildman–Crippen MR) is 108 cm³/mol. The van der Waals surface area contributed by atoms with Gasteiger partial charge >= 0.3 is 6.18 Å². The molecule has 2 aromatic heterocycles. The zero-order valence-electron chi connectivity index (χ0n) is 14.5. The summed E-state index contributed by atoms with van der Waals surface area (Å²) in [5.74, 6) is -2.50. The number of benzene rings is 2. The van der Waals surface area contributed by atoms with Crippen LogP contribution >= 0.6 is 22.7 Å². The number of hydrogen-bond acceptors (Lipinski definition) is 5. The van der Waals surface area contributed by atoms with Crippen LogP contribution in [0.1, 0.15) is 20.0 Å². The van der Waals surface area contributed by atoms with Crippen LogP contribution in [-0.2, 0) is 0 Å². The fourth-order valence-corrected chi connectivity index (χ4v) is 4.54. The summed E-state index contributed by atoms with van der Waals surface area (Å²) in [6, 6.07) is 15.7. The van der Waals surface area contributed by atoms with Gasteiger partial charge in [-0.3, -0.25) is 14.9 Å². The van der Waals surface area contributed by atoms with E-state index in [4.69, 9.17) is 0 Å². The van der Waals surface area contributed by atoms with Crippen molar-refractivity contribution in [3.63, 3.8) is 0 Å². The highest BCUT2D eigenvalue weighted by Crippen LogP contribution is 2.37. The van der Waals surface area contributed by atoms with Crippen molar-refractivity contribution in [3.8, 4) is 10.6 Å². The highest BCUT2D eigenvalue weighted by molar-refractivity contribution is 7.19. The first-order valence-electron chi connectivity index (χ1n) is 8.30. The molecule has 0 fully saturated rings. The maximum absolute atomic E-state index is 13.0. The molecule has 2 aromatic carbocycles. The van der Waals surface area contributed by atoms with Crippen LogP contribution in [0.3, 0.4) is 0 Å². The Morgan fingerprint density at radius 2 is 1.72 bits per heavy atom. The Hall–Kier alpha value is -3.04. The van der Waals surface area contributed by atoms with E-state index in [2.05, 4.69) is 10.3 Å². The Morgan fingerprint density at radius 1 is 0.966 bits per heavy atom. The van der Waals surface area contributed by atoms with Gasteiger partial charge in [-0.05, 0) is 28.3 Å². The molecule has 4 rings (SSSR count). The largest absolute Gasteiger partial charge is 0.455 e. The average molecular weight is 432 g/mol. The Labute approximate surface area is 170 Å². The molecule has 4 aromatic rings. The molecule has 0 aliphatic carbocycles. The fourth-order valence-electron chi connectivity index (χ4n) is 2.82. The van der Waals surface area contributed by atoms with Crippen LogP contribution in [-0.4, -0.2) is 22.9 Å². The molecule has 9 heteroatoms. The van der Waals surface area contributed by atoms with E-state index >= 15 is 0 Å². The molecule has 0 spiro atoms. The van der Waals surface area contributed by atoms with Gasteiger partial charge in [0.2, 0.25) is 0 Å². The quantitative estimate of drug-likeness (QED) is 0.401. The van der Waals surface area contributed by atoms with Crippen molar-refractivity contribution in [1.82, 2.24) is 4.98 Å². The van der Waals surface area contributed by atoms with Gasteiger partial charge in [-0.15, -0.1) is 11.3 Å². The van der Waals surface area contributed by atoms with Crippen LogP contribution in [0.15, 0.2) is 60.0 Å².